The third-order valence-corrected chi connectivity index (χ3v) is 4.21. The Morgan fingerprint density at radius 1 is 1.14 bits per heavy atom. The Balaban J connectivity index is 1.41. The third-order valence-electron chi connectivity index (χ3n) is 4.21. The van der Waals surface area contributed by atoms with E-state index in [4.69, 9.17) is 0 Å². The molecule has 0 radical (unpaired) electrons. The minimum absolute atomic E-state index is 0.302. The summed E-state index contributed by atoms with van der Waals surface area (Å²) in [7, 11) is 0. The lowest BCUT2D eigenvalue weighted by molar-refractivity contribution is 0.102. The zero-order valence-corrected chi connectivity index (χ0v) is 15.1. The molecule has 28 heavy (non-hydrogen) atoms. The van der Waals surface area contributed by atoms with E-state index in [2.05, 4.69) is 25.7 Å². The van der Waals surface area contributed by atoms with Crippen LogP contribution in [0.3, 0.4) is 0 Å². The fourth-order valence-electron chi connectivity index (χ4n) is 2.77. The second-order valence-electron chi connectivity index (χ2n) is 6.26. The predicted molar refractivity (Wildman–Crippen MR) is 101 cm³/mol. The van der Waals surface area contributed by atoms with E-state index in [0.717, 1.165) is 17.7 Å². The van der Waals surface area contributed by atoms with Gasteiger partial charge >= 0.3 is 0 Å². The maximum absolute atomic E-state index is 13.0. The van der Waals surface area contributed by atoms with Gasteiger partial charge in [0, 0.05) is 30.1 Å². The van der Waals surface area contributed by atoms with Crippen LogP contribution in [0.25, 0.3) is 11.3 Å². The van der Waals surface area contributed by atoms with E-state index in [-0.39, 0.29) is 11.7 Å². The SMILES string of the molecule is CCn1cc(Cn2cc(NC(=O)c3cc(-c4ccc(F)cc4)n[nH]3)cn2)cn1. The van der Waals surface area contributed by atoms with Crippen molar-refractivity contribution in [2.75, 3.05) is 5.32 Å². The summed E-state index contributed by atoms with van der Waals surface area (Å²) in [5.74, 6) is -0.657. The van der Waals surface area contributed by atoms with Crippen molar-refractivity contribution in [3.05, 3.63) is 72.2 Å². The Kier molecular flexibility index (Phi) is 4.71. The van der Waals surface area contributed by atoms with Gasteiger partial charge in [-0.1, -0.05) is 0 Å². The van der Waals surface area contributed by atoms with E-state index < -0.39 is 0 Å². The van der Waals surface area contributed by atoms with Crippen LogP contribution in [-0.2, 0) is 13.1 Å². The topological polar surface area (TPSA) is 93.4 Å². The number of rotatable bonds is 6. The van der Waals surface area contributed by atoms with Gasteiger partial charge in [-0.3, -0.25) is 19.3 Å². The molecule has 8 nitrogen and oxygen atoms in total. The number of amides is 1. The average Bonchev–Trinajstić information content (AvgIpc) is 3.43. The minimum atomic E-state index is -0.334. The maximum Gasteiger partial charge on any atom is 0.273 e. The highest BCUT2D eigenvalue weighted by Gasteiger charge is 2.12. The lowest BCUT2D eigenvalue weighted by Crippen LogP contribution is -2.11. The van der Waals surface area contributed by atoms with Crippen LogP contribution in [-0.4, -0.2) is 35.7 Å². The number of halogens is 1. The van der Waals surface area contributed by atoms with E-state index in [1.165, 1.54) is 12.1 Å². The molecule has 0 saturated heterocycles. The van der Waals surface area contributed by atoms with E-state index in [1.807, 2.05) is 17.8 Å². The van der Waals surface area contributed by atoms with Crippen molar-refractivity contribution in [1.29, 1.82) is 0 Å². The minimum Gasteiger partial charge on any atom is -0.318 e. The van der Waals surface area contributed by atoms with Gasteiger partial charge in [0.25, 0.3) is 5.91 Å². The van der Waals surface area contributed by atoms with E-state index >= 15 is 0 Å². The Morgan fingerprint density at radius 3 is 2.68 bits per heavy atom. The number of nitrogens with zero attached hydrogens (tertiary/aromatic N) is 5. The highest BCUT2D eigenvalue weighted by molar-refractivity contribution is 6.03. The molecule has 3 aromatic heterocycles. The number of hydrogen-bond donors (Lipinski definition) is 2. The standard InChI is InChI=1S/C19H18FN7O/c1-2-26-10-13(8-21-26)11-27-12-16(9-22-27)23-19(28)18-7-17(24-25-18)14-3-5-15(20)6-4-14/h3-10,12H,2,11H2,1H3,(H,23,28)(H,24,25). The Bertz CT molecular complexity index is 1090. The van der Waals surface area contributed by atoms with Gasteiger partial charge in [-0.2, -0.15) is 15.3 Å². The molecule has 3 heterocycles. The molecule has 1 aromatic carbocycles. The van der Waals surface area contributed by atoms with Crippen LogP contribution in [0, 0.1) is 5.82 Å². The van der Waals surface area contributed by atoms with Crippen LogP contribution in [0.15, 0.2) is 55.1 Å². The number of carbonyl (C=O) groups is 1. The zero-order valence-electron chi connectivity index (χ0n) is 15.1. The lowest BCUT2D eigenvalue weighted by atomic mass is 10.1. The quantitative estimate of drug-likeness (QED) is 0.539. The van der Waals surface area contributed by atoms with Crippen molar-refractivity contribution in [2.45, 2.75) is 20.0 Å². The van der Waals surface area contributed by atoms with E-state index in [9.17, 15) is 9.18 Å². The summed E-state index contributed by atoms with van der Waals surface area (Å²) in [5.41, 5.74) is 3.19. The number of nitrogens with one attached hydrogen (secondary N) is 2. The first-order chi connectivity index (χ1) is 13.6. The van der Waals surface area contributed by atoms with Crippen LogP contribution < -0.4 is 5.32 Å². The van der Waals surface area contributed by atoms with Crippen molar-refractivity contribution in [3.63, 3.8) is 0 Å². The molecule has 0 bridgehead atoms. The predicted octanol–water partition coefficient (Wildman–Crippen LogP) is 2.93. The van der Waals surface area contributed by atoms with Crippen LogP contribution in [0.1, 0.15) is 23.0 Å². The summed E-state index contributed by atoms with van der Waals surface area (Å²) < 4.78 is 16.6. The van der Waals surface area contributed by atoms with Crippen LogP contribution in [0.5, 0.6) is 0 Å². The molecule has 2 N–H and O–H groups in total. The van der Waals surface area contributed by atoms with E-state index in [1.54, 1.807) is 41.5 Å². The first-order valence-corrected chi connectivity index (χ1v) is 8.77. The molecule has 0 aliphatic heterocycles. The van der Waals surface area contributed by atoms with Gasteiger partial charge in [-0.15, -0.1) is 0 Å². The van der Waals surface area contributed by atoms with Crippen molar-refractivity contribution >= 4 is 11.6 Å². The lowest BCUT2D eigenvalue weighted by Gasteiger charge is -1.99. The molecule has 0 unspecified atom stereocenters. The molecule has 0 fully saturated rings. The van der Waals surface area contributed by atoms with Crippen LogP contribution in [0.4, 0.5) is 10.1 Å². The molecule has 0 aliphatic rings. The fourth-order valence-corrected chi connectivity index (χ4v) is 2.77. The Labute approximate surface area is 160 Å². The first-order valence-electron chi connectivity index (χ1n) is 8.77. The summed E-state index contributed by atoms with van der Waals surface area (Å²) in [4.78, 5) is 12.4. The normalized spacial score (nSPS) is 10.9. The first kappa shape index (κ1) is 17.7. The number of anilines is 1. The number of aryl methyl sites for hydroxylation is 1. The molecule has 4 rings (SSSR count). The molecule has 1 amide bonds. The molecule has 4 aromatic rings. The molecule has 142 valence electrons. The summed E-state index contributed by atoms with van der Waals surface area (Å²) in [6, 6.07) is 7.53. The van der Waals surface area contributed by atoms with Gasteiger partial charge < -0.3 is 5.32 Å². The molecule has 9 heteroatoms. The Hall–Kier alpha value is -3.75. The summed E-state index contributed by atoms with van der Waals surface area (Å²) >= 11 is 0. The molecule has 0 atom stereocenters. The van der Waals surface area contributed by atoms with Gasteiger partial charge in [0.15, 0.2) is 0 Å². The van der Waals surface area contributed by atoms with Gasteiger partial charge in [-0.25, -0.2) is 4.39 Å². The smallest absolute Gasteiger partial charge is 0.273 e. The zero-order chi connectivity index (χ0) is 19.5. The van der Waals surface area contributed by atoms with Gasteiger partial charge in [0.05, 0.1) is 30.3 Å². The number of carbonyl (C=O) groups excluding carboxylic acids is 1. The summed E-state index contributed by atoms with van der Waals surface area (Å²) in [5, 5.41) is 18.1. The molecular formula is C19H18FN7O. The number of benzene rings is 1. The monoisotopic (exact) mass is 379 g/mol. The number of aromatic amines is 1. The highest BCUT2D eigenvalue weighted by Crippen LogP contribution is 2.18. The average molecular weight is 379 g/mol. The number of aromatic nitrogens is 6. The third kappa shape index (κ3) is 3.83. The molecule has 0 saturated carbocycles. The Morgan fingerprint density at radius 2 is 1.93 bits per heavy atom. The van der Waals surface area contributed by atoms with Crippen molar-refractivity contribution in [2.24, 2.45) is 0 Å². The van der Waals surface area contributed by atoms with Crippen LogP contribution >= 0.6 is 0 Å². The van der Waals surface area contributed by atoms with Crippen LogP contribution in [0.2, 0.25) is 0 Å². The van der Waals surface area contributed by atoms with Gasteiger partial charge in [0.1, 0.15) is 11.5 Å². The second kappa shape index (κ2) is 7.47. The number of H-pyrrole nitrogens is 1. The van der Waals surface area contributed by atoms with Crippen molar-refractivity contribution in [1.82, 2.24) is 29.8 Å². The van der Waals surface area contributed by atoms with Gasteiger partial charge in [0.2, 0.25) is 0 Å². The fraction of sp³-hybridized carbons (Fsp3) is 0.158. The van der Waals surface area contributed by atoms with Crippen molar-refractivity contribution < 1.29 is 9.18 Å². The molecule has 0 spiro atoms. The number of hydrogen-bond acceptors (Lipinski definition) is 4. The maximum atomic E-state index is 13.0. The summed E-state index contributed by atoms with van der Waals surface area (Å²) in [6.07, 6.45) is 7.09. The summed E-state index contributed by atoms with van der Waals surface area (Å²) in [6.45, 7) is 3.40. The second-order valence-corrected chi connectivity index (χ2v) is 6.26. The van der Waals surface area contributed by atoms with Gasteiger partial charge in [-0.05, 0) is 37.3 Å². The molecular weight excluding hydrogens is 361 g/mol. The van der Waals surface area contributed by atoms with Crippen molar-refractivity contribution in [3.8, 4) is 11.3 Å². The molecule has 0 aliphatic carbocycles. The van der Waals surface area contributed by atoms with E-state index in [0.29, 0.717) is 23.6 Å². The highest BCUT2D eigenvalue weighted by atomic mass is 19.1. The largest absolute Gasteiger partial charge is 0.318 e.